The summed E-state index contributed by atoms with van der Waals surface area (Å²) >= 11 is 0. The van der Waals surface area contributed by atoms with E-state index in [9.17, 15) is 9.59 Å². The van der Waals surface area contributed by atoms with Gasteiger partial charge in [0.05, 0.1) is 11.1 Å². The van der Waals surface area contributed by atoms with E-state index in [1.807, 2.05) is 24.3 Å². The second kappa shape index (κ2) is 10.3. The number of carbonyl (C=O) groups is 2. The Kier molecular flexibility index (Phi) is 8.69. The molecule has 1 fully saturated rings. The van der Waals surface area contributed by atoms with Crippen molar-refractivity contribution in [1.82, 2.24) is 10.3 Å². The van der Waals surface area contributed by atoms with Crippen molar-refractivity contribution in [3.05, 3.63) is 59.9 Å². The van der Waals surface area contributed by atoms with Gasteiger partial charge in [-0.3, -0.25) is 14.6 Å². The van der Waals surface area contributed by atoms with Crippen LogP contribution in [0.25, 0.3) is 0 Å². The normalized spacial score (nSPS) is 14.4. The number of nitrogens with one attached hydrogen (secondary N) is 2. The van der Waals surface area contributed by atoms with E-state index in [0.717, 1.165) is 31.2 Å². The van der Waals surface area contributed by atoms with E-state index in [2.05, 4.69) is 15.6 Å². The molecular weight excluding hydrogens is 387 g/mol. The third-order valence-corrected chi connectivity index (χ3v) is 4.54. The molecule has 1 heterocycles. The molecule has 1 aromatic heterocycles. The second-order valence-electron chi connectivity index (χ2n) is 6.44. The Morgan fingerprint density at radius 2 is 1.74 bits per heavy atom. The molecule has 0 spiro atoms. The van der Waals surface area contributed by atoms with Crippen LogP contribution in [0.15, 0.2) is 48.8 Å². The molecule has 0 bridgehead atoms. The summed E-state index contributed by atoms with van der Waals surface area (Å²) < 4.78 is 0. The number of hydrogen-bond acceptors (Lipinski definition) is 4. The highest BCUT2D eigenvalue weighted by Gasteiger charge is 2.36. The average molecular weight is 411 g/mol. The zero-order chi connectivity index (χ0) is 17.7. The molecule has 4 N–H and O–H groups in total. The smallest absolute Gasteiger partial charge is 0.257 e. The Hall–Kier alpha value is -2.15. The molecule has 1 aliphatic rings. The molecule has 3 rings (SSSR count). The van der Waals surface area contributed by atoms with Crippen molar-refractivity contribution in [2.24, 2.45) is 5.73 Å². The third-order valence-electron chi connectivity index (χ3n) is 4.54. The van der Waals surface area contributed by atoms with Crippen LogP contribution in [0.5, 0.6) is 0 Å². The number of hydrogen-bond donors (Lipinski definition) is 3. The molecule has 0 atom stereocenters. The monoisotopic (exact) mass is 410 g/mol. The highest BCUT2D eigenvalue weighted by molar-refractivity contribution is 6.04. The molecule has 0 saturated heterocycles. The summed E-state index contributed by atoms with van der Waals surface area (Å²) in [5.41, 5.74) is 7.57. The van der Waals surface area contributed by atoms with Crippen LogP contribution >= 0.6 is 24.8 Å². The Bertz CT molecular complexity index is 748. The van der Waals surface area contributed by atoms with Gasteiger partial charge in [0, 0.05) is 24.6 Å². The largest absolute Gasteiger partial charge is 0.350 e. The molecule has 1 aliphatic carbocycles. The first-order valence-electron chi connectivity index (χ1n) is 8.44. The number of nitrogens with zero attached hydrogens (tertiary/aromatic N) is 1. The van der Waals surface area contributed by atoms with Crippen LogP contribution in [0.4, 0.5) is 5.69 Å². The first-order valence-corrected chi connectivity index (χ1v) is 8.44. The van der Waals surface area contributed by atoms with Crippen molar-refractivity contribution in [2.75, 3.05) is 5.32 Å². The average Bonchev–Trinajstić information content (AvgIpc) is 3.09. The van der Waals surface area contributed by atoms with E-state index >= 15 is 0 Å². The number of carbonyl (C=O) groups excluding carboxylic acids is 2. The first kappa shape index (κ1) is 22.9. The van der Waals surface area contributed by atoms with Gasteiger partial charge >= 0.3 is 0 Å². The van der Waals surface area contributed by atoms with Crippen molar-refractivity contribution in [1.29, 1.82) is 0 Å². The highest BCUT2D eigenvalue weighted by atomic mass is 35.5. The van der Waals surface area contributed by atoms with E-state index in [1.165, 1.54) is 6.20 Å². The van der Waals surface area contributed by atoms with Gasteiger partial charge in [-0.25, -0.2) is 0 Å². The lowest BCUT2D eigenvalue weighted by Gasteiger charge is -2.22. The number of aromatic nitrogens is 1. The summed E-state index contributed by atoms with van der Waals surface area (Å²) in [5.74, 6) is -0.292. The van der Waals surface area contributed by atoms with E-state index in [1.54, 1.807) is 18.3 Å². The highest BCUT2D eigenvalue weighted by Crippen LogP contribution is 2.27. The maximum absolute atomic E-state index is 12.2. The molecule has 1 aromatic carbocycles. The SMILES string of the molecule is Cl.Cl.NC1(C(=O)NCc2ccc(NC(=O)c3cccnc3)cc2)CCCC1. The van der Waals surface area contributed by atoms with Gasteiger partial charge in [-0.1, -0.05) is 25.0 Å². The molecule has 6 nitrogen and oxygen atoms in total. The van der Waals surface area contributed by atoms with Crippen LogP contribution in [-0.4, -0.2) is 22.3 Å². The number of benzene rings is 1. The summed E-state index contributed by atoms with van der Waals surface area (Å²) in [6.07, 6.45) is 6.66. The van der Waals surface area contributed by atoms with Gasteiger partial charge in [0.25, 0.3) is 5.91 Å². The fourth-order valence-corrected chi connectivity index (χ4v) is 3.00. The molecule has 8 heteroatoms. The molecule has 0 aliphatic heterocycles. The fraction of sp³-hybridized carbons (Fsp3) is 0.316. The molecule has 146 valence electrons. The summed E-state index contributed by atoms with van der Waals surface area (Å²) in [7, 11) is 0. The molecule has 0 unspecified atom stereocenters. The second-order valence-corrected chi connectivity index (χ2v) is 6.44. The minimum absolute atomic E-state index is 0. The maximum atomic E-state index is 12.2. The van der Waals surface area contributed by atoms with Gasteiger partial charge in [0.1, 0.15) is 0 Å². The molecule has 0 radical (unpaired) electrons. The topological polar surface area (TPSA) is 97.1 Å². The van der Waals surface area contributed by atoms with Gasteiger partial charge in [-0.05, 0) is 42.7 Å². The van der Waals surface area contributed by atoms with E-state index < -0.39 is 5.54 Å². The Morgan fingerprint density at radius 3 is 2.33 bits per heavy atom. The van der Waals surface area contributed by atoms with Crippen LogP contribution in [0.3, 0.4) is 0 Å². The van der Waals surface area contributed by atoms with Gasteiger partial charge in [0.15, 0.2) is 0 Å². The Balaban J connectivity index is 0.00000182. The summed E-state index contributed by atoms with van der Waals surface area (Å²) in [6.45, 7) is 0.425. The number of anilines is 1. The quantitative estimate of drug-likeness (QED) is 0.705. The summed E-state index contributed by atoms with van der Waals surface area (Å²) in [6, 6.07) is 10.8. The van der Waals surface area contributed by atoms with Crippen LogP contribution < -0.4 is 16.4 Å². The van der Waals surface area contributed by atoms with Gasteiger partial charge < -0.3 is 16.4 Å². The van der Waals surface area contributed by atoms with E-state index in [-0.39, 0.29) is 36.6 Å². The first-order chi connectivity index (χ1) is 12.1. The van der Waals surface area contributed by atoms with Gasteiger partial charge in [0.2, 0.25) is 5.91 Å². The molecule has 2 amide bonds. The molecule has 2 aromatic rings. The minimum Gasteiger partial charge on any atom is -0.350 e. The van der Waals surface area contributed by atoms with Crippen molar-refractivity contribution in [3.8, 4) is 0 Å². The molecule has 27 heavy (non-hydrogen) atoms. The summed E-state index contributed by atoms with van der Waals surface area (Å²) in [5, 5.41) is 5.72. The zero-order valence-electron chi connectivity index (χ0n) is 14.8. The van der Waals surface area contributed by atoms with Crippen LogP contribution in [0.1, 0.15) is 41.6 Å². The maximum Gasteiger partial charge on any atom is 0.257 e. The van der Waals surface area contributed by atoms with E-state index in [0.29, 0.717) is 17.8 Å². The zero-order valence-corrected chi connectivity index (χ0v) is 16.4. The van der Waals surface area contributed by atoms with Crippen LogP contribution in [0.2, 0.25) is 0 Å². The lowest BCUT2D eigenvalue weighted by Crippen LogP contribution is -2.51. The van der Waals surface area contributed by atoms with Crippen molar-refractivity contribution >= 4 is 42.3 Å². The number of amides is 2. The van der Waals surface area contributed by atoms with Crippen molar-refractivity contribution in [3.63, 3.8) is 0 Å². The number of nitrogens with two attached hydrogens (primary N) is 1. The predicted molar refractivity (Wildman–Crippen MR) is 110 cm³/mol. The Morgan fingerprint density at radius 1 is 1.07 bits per heavy atom. The summed E-state index contributed by atoms with van der Waals surface area (Å²) in [4.78, 5) is 28.2. The lowest BCUT2D eigenvalue weighted by atomic mass is 9.98. The van der Waals surface area contributed by atoms with E-state index in [4.69, 9.17) is 5.73 Å². The minimum atomic E-state index is -0.711. The van der Waals surface area contributed by atoms with Crippen molar-refractivity contribution < 1.29 is 9.59 Å². The molecule has 1 saturated carbocycles. The number of halogens is 2. The van der Waals surface area contributed by atoms with Crippen LogP contribution in [-0.2, 0) is 11.3 Å². The van der Waals surface area contributed by atoms with Gasteiger partial charge in [-0.15, -0.1) is 24.8 Å². The standard InChI is InChI=1S/C19H22N4O2.2ClH/c20-19(9-1-2-10-19)18(25)22-12-14-5-7-16(8-6-14)23-17(24)15-4-3-11-21-13-15;;/h3-8,11,13H,1-2,9-10,12,20H2,(H,22,25)(H,23,24);2*1H. The number of rotatable bonds is 5. The van der Waals surface area contributed by atoms with Crippen molar-refractivity contribution in [2.45, 2.75) is 37.8 Å². The predicted octanol–water partition coefficient (Wildman–Crippen LogP) is 3.07. The van der Waals surface area contributed by atoms with Crippen LogP contribution in [0, 0.1) is 0 Å². The molecular formula is C19H24Cl2N4O2. The number of pyridine rings is 1. The third kappa shape index (κ3) is 5.92. The lowest BCUT2D eigenvalue weighted by molar-refractivity contribution is -0.126. The Labute approximate surface area is 171 Å². The van der Waals surface area contributed by atoms with Gasteiger partial charge in [-0.2, -0.15) is 0 Å². The fourth-order valence-electron chi connectivity index (χ4n) is 3.00.